The Bertz CT molecular complexity index is 318. The smallest absolute Gasteiger partial charge is 0.211 e. The largest absolute Gasteiger partial charge is 0.225 e. The molecule has 0 bridgehead atoms. The zero-order valence-electron chi connectivity index (χ0n) is 8.36. The minimum absolute atomic E-state index is 0.0297. The van der Waals surface area contributed by atoms with E-state index in [-0.39, 0.29) is 6.04 Å². The summed E-state index contributed by atoms with van der Waals surface area (Å²) in [6.07, 6.45) is 4.22. The maximum Gasteiger partial charge on any atom is 0.225 e. The normalized spacial score (nSPS) is 28.3. The van der Waals surface area contributed by atoms with Gasteiger partial charge in [-0.15, -0.1) is 0 Å². The predicted octanol–water partition coefficient (Wildman–Crippen LogP) is 1.01. The minimum Gasteiger partial charge on any atom is -0.211 e. The first kappa shape index (κ1) is 11.5. The average Bonchev–Trinajstić information content (AvgIpc) is 2.08. The van der Waals surface area contributed by atoms with Gasteiger partial charge in [0.15, 0.2) is 5.75 Å². The summed E-state index contributed by atoms with van der Waals surface area (Å²) >= 11 is 0. The fourth-order valence-electron chi connectivity index (χ4n) is 1.85. The molecule has 4 nitrogen and oxygen atoms in total. The van der Waals surface area contributed by atoms with Crippen molar-refractivity contribution in [1.82, 2.24) is 4.72 Å². The molecule has 2 atom stereocenters. The van der Waals surface area contributed by atoms with Crippen molar-refractivity contribution in [2.45, 2.75) is 38.6 Å². The molecule has 2 unspecified atom stereocenters. The summed E-state index contributed by atoms with van der Waals surface area (Å²) in [5, 5.41) is 8.33. The summed E-state index contributed by atoms with van der Waals surface area (Å²) in [7, 11) is -3.38. The molecule has 0 aromatic heterocycles. The second-order valence-electron chi connectivity index (χ2n) is 3.90. The third kappa shape index (κ3) is 3.28. The third-order valence-corrected chi connectivity index (χ3v) is 3.87. The van der Waals surface area contributed by atoms with Gasteiger partial charge in [-0.1, -0.05) is 19.8 Å². The van der Waals surface area contributed by atoms with Gasteiger partial charge in [0.05, 0.1) is 6.07 Å². The van der Waals surface area contributed by atoms with Crippen LogP contribution in [0.2, 0.25) is 0 Å². The van der Waals surface area contributed by atoms with Crippen molar-refractivity contribution in [3.05, 3.63) is 0 Å². The Morgan fingerprint density at radius 1 is 1.43 bits per heavy atom. The average molecular weight is 216 g/mol. The summed E-state index contributed by atoms with van der Waals surface area (Å²) in [4.78, 5) is 0. The van der Waals surface area contributed by atoms with E-state index >= 15 is 0 Å². The molecule has 1 aliphatic carbocycles. The zero-order valence-corrected chi connectivity index (χ0v) is 9.18. The number of nitrogens with zero attached hydrogens (tertiary/aromatic N) is 1. The molecule has 1 fully saturated rings. The van der Waals surface area contributed by atoms with Crippen LogP contribution in [0.5, 0.6) is 0 Å². The van der Waals surface area contributed by atoms with Crippen LogP contribution >= 0.6 is 0 Å². The molecule has 5 heteroatoms. The molecule has 1 saturated carbocycles. The molecule has 1 N–H and O–H groups in total. The van der Waals surface area contributed by atoms with Gasteiger partial charge in [0.2, 0.25) is 10.0 Å². The van der Waals surface area contributed by atoms with Crippen molar-refractivity contribution in [2.75, 3.05) is 5.75 Å². The van der Waals surface area contributed by atoms with Crippen molar-refractivity contribution in [3.63, 3.8) is 0 Å². The van der Waals surface area contributed by atoms with E-state index in [2.05, 4.69) is 11.6 Å². The molecule has 0 aromatic carbocycles. The summed E-state index contributed by atoms with van der Waals surface area (Å²) in [6, 6.07) is 1.69. The van der Waals surface area contributed by atoms with Gasteiger partial charge in [-0.05, 0) is 18.8 Å². The topological polar surface area (TPSA) is 70.0 Å². The molecular formula is C9H16N2O2S. The van der Waals surface area contributed by atoms with Crippen molar-refractivity contribution in [3.8, 4) is 6.07 Å². The van der Waals surface area contributed by atoms with Gasteiger partial charge in [-0.3, -0.25) is 0 Å². The molecular weight excluding hydrogens is 200 g/mol. The van der Waals surface area contributed by atoms with E-state index in [1.54, 1.807) is 6.07 Å². The summed E-state index contributed by atoms with van der Waals surface area (Å²) < 4.78 is 25.2. The van der Waals surface area contributed by atoms with Crippen LogP contribution in [0.15, 0.2) is 0 Å². The molecule has 0 radical (unpaired) electrons. The van der Waals surface area contributed by atoms with Gasteiger partial charge in [0, 0.05) is 6.04 Å². The summed E-state index contributed by atoms with van der Waals surface area (Å²) in [5.74, 6) is -0.0480. The molecule has 0 aromatic rings. The monoisotopic (exact) mass is 216 g/mol. The van der Waals surface area contributed by atoms with Crippen LogP contribution < -0.4 is 4.72 Å². The van der Waals surface area contributed by atoms with Crippen molar-refractivity contribution in [2.24, 2.45) is 5.92 Å². The summed E-state index contributed by atoms with van der Waals surface area (Å²) in [5.41, 5.74) is 0. The van der Waals surface area contributed by atoms with Crippen LogP contribution in [0.3, 0.4) is 0 Å². The SMILES string of the molecule is CC1CCCCC1NS(=O)(=O)CC#N. The second-order valence-corrected chi connectivity index (χ2v) is 5.66. The van der Waals surface area contributed by atoms with E-state index in [0.29, 0.717) is 5.92 Å². The maximum atomic E-state index is 11.3. The predicted molar refractivity (Wildman–Crippen MR) is 54.0 cm³/mol. The van der Waals surface area contributed by atoms with Gasteiger partial charge in [0.25, 0.3) is 0 Å². The van der Waals surface area contributed by atoms with Crippen molar-refractivity contribution >= 4 is 10.0 Å². The molecule has 1 aliphatic rings. The maximum absolute atomic E-state index is 11.3. The molecule has 0 spiro atoms. The fourth-order valence-corrected chi connectivity index (χ4v) is 2.91. The molecule has 14 heavy (non-hydrogen) atoms. The van der Waals surface area contributed by atoms with Crippen LogP contribution in [0.25, 0.3) is 0 Å². The lowest BCUT2D eigenvalue weighted by Crippen LogP contribution is -2.41. The lowest BCUT2D eigenvalue weighted by molar-refractivity contribution is 0.311. The first-order valence-electron chi connectivity index (χ1n) is 4.92. The number of hydrogen-bond donors (Lipinski definition) is 1. The van der Waals surface area contributed by atoms with Crippen LogP contribution in [0.1, 0.15) is 32.6 Å². The van der Waals surface area contributed by atoms with Gasteiger partial charge in [-0.2, -0.15) is 5.26 Å². The highest BCUT2D eigenvalue weighted by Gasteiger charge is 2.25. The molecule has 0 aliphatic heterocycles. The first-order chi connectivity index (χ1) is 6.55. The lowest BCUT2D eigenvalue weighted by Gasteiger charge is -2.28. The van der Waals surface area contributed by atoms with E-state index in [1.807, 2.05) is 0 Å². The van der Waals surface area contributed by atoms with Crippen molar-refractivity contribution < 1.29 is 8.42 Å². The molecule has 80 valence electrons. The fraction of sp³-hybridized carbons (Fsp3) is 0.889. The van der Waals surface area contributed by atoms with Gasteiger partial charge in [-0.25, -0.2) is 13.1 Å². The quantitative estimate of drug-likeness (QED) is 0.765. The third-order valence-electron chi connectivity index (χ3n) is 2.70. The minimum atomic E-state index is -3.38. The lowest BCUT2D eigenvalue weighted by atomic mass is 9.87. The Balaban J connectivity index is 2.55. The van der Waals surface area contributed by atoms with Crippen LogP contribution in [0.4, 0.5) is 0 Å². The number of nitriles is 1. The Labute approximate surface area is 85.4 Å². The molecule has 1 rings (SSSR count). The van der Waals surface area contributed by atoms with Gasteiger partial charge in [0.1, 0.15) is 0 Å². The van der Waals surface area contributed by atoms with Crippen molar-refractivity contribution in [1.29, 1.82) is 5.26 Å². The number of nitrogens with one attached hydrogen (secondary N) is 1. The Hall–Kier alpha value is -0.600. The van der Waals surface area contributed by atoms with E-state index < -0.39 is 15.8 Å². The molecule has 0 saturated heterocycles. The standard InChI is InChI=1S/C9H16N2O2S/c1-8-4-2-3-5-9(8)11-14(12,13)7-6-10/h8-9,11H,2-5,7H2,1H3. The summed E-state index contributed by atoms with van der Waals surface area (Å²) in [6.45, 7) is 2.05. The van der Waals surface area contributed by atoms with Crippen LogP contribution in [0, 0.1) is 17.2 Å². The Kier molecular flexibility index (Phi) is 3.90. The first-order valence-corrected chi connectivity index (χ1v) is 6.57. The number of sulfonamides is 1. The highest BCUT2D eigenvalue weighted by molar-refractivity contribution is 7.89. The molecule has 0 heterocycles. The number of rotatable bonds is 3. The molecule has 0 amide bonds. The number of hydrogen-bond acceptors (Lipinski definition) is 3. The highest BCUT2D eigenvalue weighted by atomic mass is 32.2. The Morgan fingerprint density at radius 3 is 2.64 bits per heavy atom. The van der Waals surface area contributed by atoms with E-state index in [0.717, 1.165) is 19.3 Å². The highest BCUT2D eigenvalue weighted by Crippen LogP contribution is 2.24. The van der Waals surface area contributed by atoms with E-state index in [9.17, 15) is 8.42 Å². The van der Waals surface area contributed by atoms with Gasteiger partial charge >= 0.3 is 0 Å². The van der Waals surface area contributed by atoms with E-state index in [4.69, 9.17) is 5.26 Å². The van der Waals surface area contributed by atoms with E-state index in [1.165, 1.54) is 6.42 Å². The van der Waals surface area contributed by atoms with Gasteiger partial charge < -0.3 is 0 Å². The van der Waals surface area contributed by atoms with Crippen LogP contribution in [-0.4, -0.2) is 20.2 Å². The second kappa shape index (κ2) is 4.76. The zero-order chi connectivity index (χ0) is 10.6. The van der Waals surface area contributed by atoms with Crippen LogP contribution in [-0.2, 0) is 10.0 Å². The Morgan fingerprint density at radius 2 is 2.07 bits per heavy atom.